The van der Waals surface area contributed by atoms with E-state index in [0.717, 1.165) is 12.0 Å². The molecule has 1 atom stereocenters. The Morgan fingerprint density at radius 1 is 1.20 bits per heavy atom. The van der Waals surface area contributed by atoms with Gasteiger partial charge in [-0.1, -0.05) is 37.3 Å². The fourth-order valence-electron chi connectivity index (χ4n) is 2.19. The second-order valence-electron chi connectivity index (χ2n) is 4.69. The zero-order valence-electron chi connectivity index (χ0n) is 11.5. The van der Waals surface area contributed by atoms with Crippen LogP contribution in [0.5, 0.6) is 0 Å². The van der Waals surface area contributed by atoms with E-state index in [1.54, 1.807) is 18.2 Å². The van der Waals surface area contributed by atoms with E-state index < -0.39 is 5.91 Å². The van der Waals surface area contributed by atoms with Crippen LogP contribution in [0, 0.1) is 0 Å². The summed E-state index contributed by atoms with van der Waals surface area (Å²) in [6.07, 6.45) is 0.886. The highest BCUT2D eigenvalue weighted by Gasteiger charge is 2.13. The van der Waals surface area contributed by atoms with Gasteiger partial charge in [0.15, 0.2) is 0 Å². The van der Waals surface area contributed by atoms with Crippen LogP contribution in [0.25, 0.3) is 0 Å². The summed E-state index contributed by atoms with van der Waals surface area (Å²) in [5.74, 6) is -0.463. The van der Waals surface area contributed by atoms with Crippen LogP contribution in [-0.4, -0.2) is 5.91 Å². The van der Waals surface area contributed by atoms with Gasteiger partial charge < -0.3 is 16.8 Å². The van der Waals surface area contributed by atoms with Crippen LogP contribution in [-0.2, 0) is 0 Å². The maximum Gasteiger partial charge on any atom is 0.250 e. The van der Waals surface area contributed by atoms with Crippen LogP contribution in [0.15, 0.2) is 48.5 Å². The summed E-state index contributed by atoms with van der Waals surface area (Å²) < 4.78 is 0. The molecule has 0 aliphatic heterocycles. The molecule has 0 aliphatic rings. The van der Waals surface area contributed by atoms with Crippen LogP contribution in [0.1, 0.15) is 35.3 Å². The lowest BCUT2D eigenvalue weighted by Gasteiger charge is -2.20. The summed E-state index contributed by atoms with van der Waals surface area (Å²) >= 11 is 0. The van der Waals surface area contributed by atoms with Gasteiger partial charge in [-0.05, 0) is 30.2 Å². The number of nitrogens with one attached hydrogen (secondary N) is 1. The summed E-state index contributed by atoms with van der Waals surface area (Å²) in [5, 5.41) is 3.35. The van der Waals surface area contributed by atoms with Crippen LogP contribution >= 0.6 is 0 Å². The summed E-state index contributed by atoms with van der Waals surface area (Å²) in [6, 6.07) is 15.2. The lowest BCUT2D eigenvalue weighted by Crippen LogP contribution is -2.17. The van der Waals surface area contributed by atoms with Crippen LogP contribution in [0.4, 0.5) is 11.4 Å². The molecule has 0 saturated heterocycles. The predicted octanol–water partition coefficient (Wildman–Crippen LogP) is 2.93. The molecule has 1 amide bonds. The van der Waals surface area contributed by atoms with Crippen LogP contribution in [0.2, 0.25) is 0 Å². The molecular formula is C16H19N3O. The molecule has 0 saturated carbocycles. The molecule has 0 bridgehead atoms. The van der Waals surface area contributed by atoms with Crippen molar-refractivity contribution in [3.63, 3.8) is 0 Å². The van der Waals surface area contributed by atoms with Gasteiger partial charge in [-0.25, -0.2) is 0 Å². The molecule has 4 nitrogen and oxygen atoms in total. The average Bonchev–Trinajstić information content (AvgIpc) is 2.45. The first-order valence-electron chi connectivity index (χ1n) is 6.62. The van der Waals surface area contributed by atoms with E-state index in [-0.39, 0.29) is 6.04 Å². The lowest BCUT2D eigenvalue weighted by atomic mass is 10.0. The number of nitrogen functional groups attached to an aromatic ring is 1. The monoisotopic (exact) mass is 269 g/mol. The molecule has 0 fully saturated rings. The van der Waals surface area contributed by atoms with Gasteiger partial charge in [0.1, 0.15) is 0 Å². The standard InChI is InChI=1S/C16H19N3O/c1-2-14(11-6-4-3-5-7-11)19-15-10-12(17)8-9-13(15)16(18)20/h3-10,14,19H,2,17H2,1H3,(H2,18,20). The molecule has 0 radical (unpaired) electrons. The van der Waals surface area contributed by atoms with Crippen LogP contribution in [0.3, 0.4) is 0 Å². The first-order valence-corrected chi connectivity index (χ1v) is 6.62. The van der Waals surface area contributed by atoms with Crippen molar-refractivity contribution in [3.8, 4) is 0 Å². The van der Waals surface area contributed by atoms with Gasteiger partial charge in [0.2, 0.25) is 0 Å². The third kappa shape index (κ3) is 3.09. The molecule has 0 aromatic heterocycles. The van der Waals surface area contributed by atoms with Gasteiger partial charge in [0, 0.05) is 11.4 Å². The van der Waals surface area contributed by atoms with Crippen LogP contribution < -0.4 is 16.8 Å². The molecule has 2 aromatic carbocycles. The fraction of sp³-hybridized carbons (Fsp3) is 0.188. The lowest BCUT2D eigenvalue weighted by molar-refractivity contribution is 0.100. The second kappa shape index (κ2) is 6.10. The summed E-state index contributed by atoms with van der Waals surface area (Å²) in [4.78, 5) is 11.5. The third-order valence-electron chi connectivity index (χ3n) is 3.25. The van der Waals surface area contributed by atoms with Crippen molar-refractivity contribution in [2.45, 2.75) is 19.4 Å². The SMILES string of the molecule is CCC(Nc1cc(N)ccc1C(N)=O)c1ccccc1. The van der Waals surface area contributed by atoms with E-state index in [1.807, 2.05) is 18.2 Å². The normalized spacial score (nSPS) is 11.8. The Morgan fingerprint density at radius 2 is 1.90 bits per heavy atom. The second-order valence-corrected chi connectivity index (χ2v) is 4.69. The highest BCUT2D eigenvalue weighted by molar-refractivity contribution is 5.99. The van der Waals surface area contributed by atoms with Crippen molar-refractivity contribution < 1.29 is 4.79 Å². The van der Waals surface area contributed by atoms with Gasteiger partial charge in [0.05, 0.1) is 11.6 Å². The van der Waals surface area contributed by atoms with E-state index in [9.17, 15) is 4.79 Å². The van der Waals surface area contributed by atoms with E-state index >= 15 is 0 Å². The third-order valence-corrected chi connectivity index (χ3v) is 3.25. The zero-order valence-corrected chi connectivity index (χ0v) is 11.5. The molecule has 2 rings (SSSR count). The Bertz CT molecular complexity index is 596. The van der Waals surface area contributed by atoms with Crippen molar-refractivity contribution >= 4 is 17.3 Å². The molecule has 0 spiro atoms. The number of hydrogen-bond donors (Lipinski definition) is 3. The van der Waals surface area contributed by atoms with Crippen molar-refractivity contribution in [1.29, 1.82) is 0 Å². The quantitative estimate of drug-likeness (QED) is 0.730. The predicted molar refractivity (Wildman–Crippen MR) is 82.5 cm³/mol. The maximum absolute atomic E-state index is 11.5. The number of benzene rings is 2. The number of rotatable bonds is 5. The molecule has 5 N–H and O–H groups in total. The fourth-order valence-corrected chi connectivity index (χ4v) is 2.19. The summed E-state index contributed by atoms with van der Waals surface area (Å²) in [6.45, 7) is 2.08. The molecule has 0 heterocycles. The van der Waals surface area contributed by atoms with E-state index in [0.29, 0.717) is 16.9 Å². The minimum atomic E-state index is -0.463. The minimum absolute atomic E-state index is 0.107. The first kappa shape index (κ1) is 13.9. The number of amides is 1. The molecule has 2 aromatic rings. The van der Waals surface area contributed by atoms with Gasteiger partial charge in [-0.15, -0.1) is 0 Å². The number of anilines is 2. The zero-order chi connectivity index (χ0) is 14.5. The Kier molecular flexibility index (Phi) is 4.25. The number of carbonyl (C=O) groups excluding carboxylic acids is 1. The number of nitrogens with two attached hydrogens (primary N) is 2. The molecule has 0 aliphatic carbocycles. The smallest absolute Gasteiger partial charge is 0.250 e. The number of primary amides is 1. The summed E-state index contributed by atoms with van der Waals surface area (Å²) in [7, 11) is 0. The molecule has 4 heteroatoms. The molecule has 104 valence electrons. The Labute approximate surface area is 118 Å². The summed E-state index contributed by atoms with van der Waals surface area (Å²) in [5.41, 5.74) is 14.1. The molecule has 20 heavy (non-hydrogen) atoms. The van der Waals surface area contributed by atoms with Gasteiger partial charge in [-0.3, -0.25) is 4.79 Å². The highest BCUT2D eigenvalue weighted by Crippen LogP contribution is 2.26. The van der Waals surface area contributed by atoms with Crippen molar-refractivity contribution in [3.05, 3.63) is 59.7 Å². The highest BCUT2D eigenvalue weighted by atomic mass is 16.1. The largest absolute Gasteiger partial charge is 0.399 e. The topological polar surface area (TPSA) is 81.1 Å². The van der Waals surface area contributed by atoms with E-state index in [4.69, 9.17) is 11.5 Å². The minimum Gasteiger partial charge on any atom is -0.399 e. The Balaban J connectivity index is 2.32. The first-order chi connectivity index (χ1) is 9.61. The van der Waals surface area contributed by atoms with E-state index in [2.05, 4.69) is 24.4 Å². The van der Waals surface area contributed by atoms with Crippen molar-refractivity contribution in [1.82, 2.24) is 0 Å². The average molecular weight is 269 g/mol. The maximum atomic E-state index is 11.5. The Hall–Kier alpha value is -2.49. The van der Waals surface area contributed by atoms with Crippen molar-refractivity contribution in [2.24, 2.45) is 5.73 Å². The Morgan fingerprint density at radius 3 is 2.50 bits per heavy atom. The molecule has 1 unspecified atom stereocenters. The number of hydrogen-bond acceptors (Lipinski definition) is 3. The van der Waals surface area contributed by atoms with Gasteiger partial charge in [-0.2, -0.15) is 0 Å². The van der Waals surface area contributed by atoms with Gasteiger partial charge >= 0.3 is 0 Å². The van der Waals surface area contributed by atoms with Gasteiger partial charge in [0.25, 0.3) is 5.91 Å². The number of carbonyl (C=O) groups is 1. The van der Waals surface area contributed by atoms with E-state index in [1.165, 1.54) is 0 Å². The van der Waals surface area contributed by atoms with Crippen molar-refractivity contribution in [2.75, 3.05) is 11.1 Å². The molecular weight excluding hydrogens is 250 g/mol.